The van der Waals surface area contributed by atoms with Crippen molar-refractivity contribution in [1.29, 1.82) is 0 Å². The summed E-state index contributed by atoms with van der Waals surface area (Å²) in [6.45, 7) is 11.3. The SMILES string of the molecule is CC(C)(OCC(O)COc1ccc(C2(c3ccc(C(C)(C)OCC4CO4)cc3)CC(c3ccc4ccccc4c3)c3ccccc32)cc1)c1ccc(C2(c3ccc(OCC4CO4)cc3)CC(c3ccc4ccccc4c3)c3ccccc32)cc1. The molecule has 0 amide bonds. The van der Waals surface area contributed by atoms with Crippen LogP contribution in [0.5, 0.6) is 11.5 Å². The van der Waals surface area contributed by atoms with E-state index in [4.69, 9.17) is 28.4 Å². The summed E-state index contributed by atoms with van der Waals surface area (Å²) in [6.07, 6.45) is 1.24. The van der Waals surface area contributed by atoms with Gasteiger partial charge in [0, 0.05) is 22.7 Å². The van der Waals surface area contributed by atoms with Crippen LogP contribution in [0.4, 0.5) is 0 Å². The first-order valence-electron chi connectivity index (χ1n) is 30.0. The molecule has 2 saturated heterocycles. The van der Waals surface area contributed by atoms with Crippen molar-refractivity contribution in [2.75, 3.05) is 39.6 Å². The second-order valence-corrected chi connectivity index (χ2v) is 24.7. The molecule has 4 aliphatic rings. The van der Waals surface area contributed by atoms with Crippen LogP contribution in [0.25, 0.3) is 21.5 Å². The summed E-state index contributed by atoms with van der Waals surface area (Å²) in [6, 6.07) is 84.5. The van der Waals surface area contributed by atoms with E-state index >= 15 is 0 Å². The Morgan fingerprint density at radius 1 is 0.429 bits per heavy atom. The molecule has 10 aromatic carbocycles. The normalized spacial score (nSPS) is 21.9. The fourth-order valence-corrected chi connectivity index (χ4v) is 13.8. The van der Waals surface area contributed by atoms with Gasteiger partial charge in [-0.25, -0.2) is 0 Å². The second kappa shape index (κ2) is 21.9. The summed E-state index contributed by atoms with van der Waals surface area (Å²) in [5.41, 5.74) is 12.9. The molecule has 7 unspecified atom stereocenters. The molecule has 7 heteroatoms. The number of hydrogen-bond acceptors (Lipinski definition) is 7. The van der Waals surface area contributed by atoms with Crippen LogP contribution < -0.4 is 9.47 Å². The van der Waals surface area contributed by atoms with E-state index in [1.807, 2.05) is 0 Å². The Morgan fingerprint density at radius 2 is 0.821 bits per heavy atom. The Hall–Kier alpha value is -7.88. The third kappa shape index (κ3) is 10.3. The lowest BCUT2D eigenvalue weighted by molar-refractivity contribution is -0.0717. The Morgan fingerprint density at radius 3 is 1.29 bits per heavy atom. The van der Waals surface area contributed by atoms with Crippen molar-refractivity contribution in [2.45, 2.75) is 92.7 Å². The Labute approximate surface area is 493 Å². The molecule has 0 bridgehead atoms. The summed E-state index contributed by atoms with van der Waals surface area (Å²) in [4.78, 5) is 0. The van der Waals surface area contributed by atoms with Crippen molar-refractivity contribution in [2.24, 2.45) is 0 Å². The highest BCUT2D eigenvalue weighted by atomic mass is 16.6. The van der Waals surface area contributed by atoms with E-state index in [9.17, 15) is 5.11 Å². The number of rotatable bonds is 20. The summed E-state index contributed by atoms with van der Waals surface area (Å²) < 4.78 is 36.4. The molecule has 2 aliphatic heterocycles. The highest BCUT2D eigenvalue weighted by Gasteiger charge is 2.49. The molecule has 7 nitrogen and oxygen atoms in total. The van der Waals surface area contributed by atoms with Crippen LogP contribution in [-0.4, -0.2) is 63.1 Å². The zero-order chi connectivity index (χ0) is 57.0. The summed E-state index contributed by atoms with van der Waals surface area (Å²) >= 11 is 0. The van der Waals surface area contributed by atoms with Crippen molar-refractivity contribution in [3.8, 4) is 11.5 Å². The smallest absolute Gasteiger partial charge is 0.119 e. The average Bonchev–Trinajstić information content (AvgIpc) is 1.90. The standard InChI is InChI=1S/C77H72O7/c1-74(2,57-25-29-59(30-26-57)77(62-35-39-65(40-36-62)80-47-66-48-81-66)44-71(69-18-10-12-20-73(69)77)56-24-22-52-14-6-8-16-54(52)42-56)83-46-63(78)45-79-64-37-33-61(34-38-64)76(60-31-27-58(28-32-60)75(3,4)84-50-67-49-82-67)43-70(68-17-9-11-19-72(68)76)55-23-21-51-13-5-7-15-53(51)41-55/h5-42,63,66-67,70-71,78H,43-50H2,1-4H3. The lowest BCUT2D eigenvalue weighted by Crippen LogP contribution is -2.31. The van der Waals surface area contributed by atoms with Crippen molar-refractivity contribution in [1.82, 2.24) is 0 Å². The number of hydrogen-bond donors (Lipinski definition) is 1. The third-order valence-corrected chi connectivity index (χ3v) is 18.8. The summed E-state index contributed by atoms with van der Waals surface area (Å²) in [7, 11) is 0. The van der Waals surface area contributed by atoms with Gasteiger partial charge in [0.1, 0.15) is 43.0 Å². The zero-order valence-electron chi connectivity index (χ0n) is 48.4. The van der Waals surface area contributed by atoms with Gasteiger partial charge in [0.15, 0.2) is 0 Å². The van der Waals surface area contributed by atoms with E-state index in [1.165, 1.54) is 77.2 Å². The lowest BCUT2D eigenvalue weighted by atomic mass is 9.69. The molecule has 422 valence electrons. The van der Waals surface area contributed by atoms with E-state index in [0.29, 0.717) is 19.0 Å². The molecule has 2 heterocycles. The molecule has 14 rings (SSSR count). The van der Waals surface area contributed by atoms with Gasteiger partial charge >= 0.3 is 0 Å². The van der Waals surface area contributed by atoms with Crippen molar-refractivity contribution < 1.29 is 33.5 Å². The molecule has 1 N–H and O–H groups in total. The molecule has 2 fully saturated rings. The van der Waals surface area contributed by atoms with Gasteiger partial charge in [-0.1, -0.05) is 206 Å². The molecule has 10 aromatic rings. The lowest BCUT2D eigenvalue weighted by Gasteiger charge is -2.34. The van der Waals surface area contributed by atoms with Crippen LogP contribution in [0.15, 0.2) is 231 Å². The van der Waals surface area contributed by atoms with Crippen molar-refractivity contribution >= 4 is 21.5 Å². The van der Waals surface area contributed by atoms with E-state index in [0.717, 1.165) is 42.9 Å². The summed E-state index contributed by atoms with van der Waals surface area (Å²) in [5, 5.41) is 16.5. The highest BCUT2D eigenvalue weighted by Crippen LogP contribution is 2.58. The van der Waals surface area contributed by atoms with Crippen LogP contribution in [0.3, 0.4) is 0 Å². The molecular formula is C77H72O7. The number of aliphatic hydroxyl groups excluding tert-OH is 1. The van der Waals surface area contributed by atoms with E-state index in [2.05, 4.69) is 258 Å². The van der Waals surface area contributed by atoms with Crippen LogP contribution in [0, 0.1) is 0 Å². The molecule has 2 aliphatic carbocycles. The van der Waals surface area contributed by atoms with Gasteiger partial charge in [0.05, 0.1) is 37.6 Å². The number of epoxide rings is 2. The van der Waals surface area contributed by atoms with Crippen LogP contribution >= 0.6 is 0 Å². The predicted octanol–water partition coefficient (Wildman–Crippen LogP) is 15.9. The van der Waals surface area contributed by atoms with Gasteiger partial charge < -0.3 is 33.5 Å². The van der Waals surface area contributed by atoms with Crippen LogP contribution in [-0.2, 0) is 41.0 Å². The molecule has 84 heavy (non-hydrogen) atoms. The first-order valence-corrected chi connectivity index (χ1v) is 30.0. The minimum Gasteiger partial charge on any atom is -0.491 e. The number of fused-ring (bicyclic) bond motifs is 4. The fourth-order valence-electron chi connectivity index (χ4n) is 13.8. The average molecular weight is 1110 g/mol. The van der Waals surface area contributed by atoms with Gasteiger partial charge in [-0.05, 0) is 153 Å². The van der Waals surface area contributed by atoms with Gasteiger partial charge in [-0.3, -0.25) is 0 Å². The fraction of sp³-hybridized carbons (Fsp3) is 0.273. The van der Waals surface area contributed by atoms with E-state index in [-0.39, 0.29) is 37.3 Å². The van der Waals surface area contributed by atoms with E-state index < -0.39 is 28.1 Å². The van der Waals surface area contributed by atoms with Crippen LogP contribution in [0.2, 0.25) is 0 Å². The van der Waals surface area contributed by atoms with Crippen molar-refractivity contribution in [3.05, 3.63) is 297 Å². The van der Waals surface area contributed by atoms with Gasteiger partial charge in [0.25, 0.3) is 0 Å². The van der Waals surface area contributed by atoms with Gasteiger partial charge in [0.2, 0.25) is 0 Å². The molecule has 0 saturated carbocycles. The maximum absolute atomic E-state index is 11.5. The number of ether oxygens (including phenoxy) is 6. The number of aliphatic hydroxyl groups is 1. The minimum absolute atomic E-state index is 0.0804. The molecular weight excluding hydrogens is 1040 g/mol. The minimum atomic E-state index is -0.864. The number of benzene rings is 10. The third-order valence-electron chi connectivity index (χ3n) is 18.8. The highest BCUT2D eigenvalue weighted by molar-refractivity contribution is 5.84. The quantitative estimate of drug-likeness (QED) is 0.0762. The molecule has 0 spiro atoms. The maximum atomic E-state index is 11.5. The zero-order valence-corrected chi connectivity index (χ0v) is 48.4. The van der Waals surface area contributed by atoms with Crippen LogP contribution in [0.1, 0.15) is 119 Å². The van der Waals surface area contributed by atoms with Gasteiger partial charge in [-0.15, -0.1) is 0 Å². The van der Waals surface area contributed by atoms with Gasteiger partial charge in [-0.2, -0.15) is 0 Å². The predicted molar refractivity (Wildman–Crippen MR) is 334 cm³/mol. The monoisotopic (exact) mass is 1110 g/mol. The topological polar surface area (TPSA) is 82.2 Å². The Balaban J connectivity index is 0.695. The second-order valence-electron chi connectivity index (χ2n) is 24.7. The summed E-state index contributed by atoms with van der Waals surface area (Å²) in [5.74, 6) is 1.89. The first-order chi connectivity index (χ1) is 40.9. The van der Waals surface area contributed by atoms with E-state index in [1.54, 1.807) is 0 Å². The maximum Gasteiger partial charge on any atom is 0.119 e. The van der Waals surface area contributed by atoms with Crippen molar-refractivity contribution in [3.63, 3.8) is 0 Å². The Bertz CT molecular complexity index is 3970. The largest absolute Gasteiger partial charge is 0.491 e. The molecule has 7 atom stereocenters. The molecule has 0 radical (unpaired) electrons. The Kier molecular flexibility index (Phi) is 14.1. The molecule has 0 aromatic heterocycles. The first kappa shape index (κ1) is 54.1.